The molecule has 2 rings (SSSR count). The van der Waals surface area contributed by atoms with Crippen molar-refractivity contribution < 1.29 is 9.18 Å². The lowest BCUT2D eigenvalue weighted by Crippen LogP contribution is -2.15. The molecule has 2 aromatic rings. The van der Waals surface area contributed by atoms with Crippen LogP contribution in [0.3, 0.4) is 0 Å². The van der Waals surface area contributed by atoms with Gasteiger partial charge in [0.25, 0.3) is 0 Å². The second-order valence-electron chi connectivity index (χ2n) is 4.48. The van der Waals surface area contributed by atoms with E-state index in [9.17, 15) is 14.0 Å². The predicted octanol–water partition coefficient (Wildman–Crippen LogP) is 2.98. The zero-order valence-corrected chi connectivity index (χ0v) is 11.7. The average molecular weight is 294 g/mol. The first-order valence-corrected chi connectivity index (χ1v) is 6.52. The van der Waals surface area contributed by atoms with Crippen LogP contribution in [0, 0.1) is 12.7 Å². The molecular weight excluding hydrogens is 281 g/mol. The lowest BCUT2D eigenvalue weighted by Gasteiger charge is -2.13. The van der Waals surface area contributed by atoms with Gasteiger partial charge in [-0.3, -0.25) is 9.59 Å². The van der Waals surface area contributed by atoms with Gasteiger partial charge in [0.2, 0.25) is 5.24 Å². The largest absolute Gasteiger partial charge is 0.318 e. The minimum atomic E-state index is -0.498. The maximum atomic E-state index is 13.8. The van der Waals surface area contributed by atoms with E-state index in [1.165, 1.54) is 12.1 Å². The van der Waals surface area contributed by atoms with Crippen LogP contribution in [0.2, 0.25) is 0 Å². The molecule has 0 atom stereocenters. The number of aromatic nitrogens is 1. The van der Waals surface area contributed by atoms with Gasteiger partial charge in [0, 0.05) is 29.9 Å². The Hall–Kier alpha value is -1.94. The molecule has 0 unspecified atom stereocenters. The fourth-order valence-electron chi connectivity index (χ4n) is 2.00. The summed E-state index contributed by atoms with van der Waals surface area (Å²) in [6, 6.07) is 7.74. The molecule has 0 radical (unpaired) electrons. The molecule has 0 aliphatic heterocycles. The van der Waals surface area contributed by atoms with E-state index in [-0.39, 0.29) is 24.1 Å². The van der Waals surface area contributed by atoms with Crippen LogP contribution in [-0.2, 0) is 11.2 Å². The van der Waals surface area contributed by atoms with Gasteiger partial charge in [0.15, 0.2) is 5.43 Å². The molecule has 0 aliphatic carbocycles. The minimum absolute atomic E-state index is 0.0805. The van der Waals surface area contributed by atoms with Gasteiger partial charge >= 0.3 is 0 Å². The Morgan fingerprint density at radius 1 is 1.35 bits per heavy atom. The zero-order chi connectivity index (χ0) is 14.7. The molecular formula is C15H13ClFNO2. The number of para-hydroxylation sites is 1. The van der Waals surface area contributed by atoms with E-state index >= 15 is 0 Å². The van der Waals surface area contributed by atoms with E-state index in [1.807, 2.05) is 0 Å². The molecule has 1 heterocycles. The van der Waals surface area contributed by atoms with Crippen LogP contribution in [0.5, 0.6) is 0 Å². The summed E-state index contributed by atoms with van der Waals surface area (Å²) in [7, 11) is 0. The fraction of sp³-hybridized carbons (Fsp3) is 0.200. The number of nitrogens with zero attached hydrogens (tertiary/aromatic N) is 1. The van der Waals surface area contributed by atoms with Crippen molar-refractivity contribution >= 4 is 16.8 Å². The van der Waals surface area contributed by atoms with Crippen molar-refractivity contribution in [1.29, 1.82) is 0 Å². The van der Waals surface area contributed by atoms with Gasteiger partial charge in [0.1, 0.15) is 5.82 Å². The smallest absolute Gasteiger partial charge is 0.221 e. The summed E-state index contributed by atoms with van der Waals surface area (Å²) in [5.41, 5.74) is 1.25. The Morgan fingerprint density at radius 2 is 2.05 bits per heavy atom. The summed E-state index contributed by atoms with van der Waals surface area (Å²) in [5.74, 6) is -0.376. The Bertz CT molecular complexity index is 709. The van der Waals surface area contributed by atoms with Crippen molar-refractivity contribution in [2.75, 3.05) is 0 Å². The van der Waals surface area contributed by atoms with E-state index in [1.54, 1.807) is 35.9 Å². The normalized spacial score (nSPS) is 10.6. The Balaban J connectivity index is 2.49. The number of rotatable bonds is 4. The summed E-state index contributed by atoms with van der Waals surface area (Å²) in [4.78, 5) is 22.7. The quantitative estimate of drug-likeness (QED) is 0.813. The zero-order valence-electron chi connectivity index (χ0n) is 10.9. The van der Waals surface area contributed by atoms with Crippen molar-refractivity contribution in [2.24, 2.45) is 0 Å². The Morgan fingerprint density at radius 3 is 2.70 bits per heavy atom. The van der Waals surface area contributed by atoms with Gasteiger partial charge < -0.3 is 4.57 Å². The first-order chi connectivity index (χ1) is 9.49. The van der Waals surface area contributed by atoms with Gasteiger partial charge in [-0.2, -0.15) is 0 Å². The number of hydrogen-bond donors (Lipinski definition) is 0. The van der Waals surface area contributed by atoms with Gasteiger partial charge in [-0.25, -0.2) is 4.39 Å². The molecule has 104 valence electrons. The predicted molar refractivity (Wildman–Crippen MR) is 75.9 cm³/mol. The maximum Gasteiger partial charge on any atom is 0.221 e. The second kappa shape index (κ2) is 6.01. The summed E-state index contributed by atoms with van der Waals surface area (Å²) < 4.78 is 15.4. The molecule has 20 heavy (non-hydrogen) atoms. The topological polar surface area (TPSA) is 39.1 Å². The first-order valence-electron chi connectivity index (χ1n) is 6.14. The number of pyridine rings is 1. The highest BCUT2D eigenvalue weighted by Crippen LogP contribution is 2.15. The van der Waals surface area contributed by atoms with Gasteiger partial charge in [0.05, 0.1) is 5.69 Å². The second-order valence-corrected chi connectivity index (χ2v) is 4.90. The number of carbonyl (C=O) groups is 1. The summed E-state index contributed by atoms with van der Waals surface area (Å²) in [6.07, 6.45) is 1.89. The van der Waals surface area contributed by atoms with Crippen molar-refractivity contribution in [1.82, 2.24) is 4.57 Å². The highest BCUT2D eigenvalue weighted by Gasteiger charge is 2.09. The van der Waals surface area contributed by atoms with E-state index in [0.717, 1.165) is 0 Å². The number of halogens is 2. The molecule has 0 fully saturated rings. The van der Waals surface area contributed by atoms with Crippen molar-refractivity contribution in [3.8, 4) is 5.69 Å². The van der Waals surface area contributed by atoms with Crippen LogP contribution >= 0.6 is 11.6 Å². The molecule has 3 nitrogen and oxygen atoms in total. The molecule has 1 aromatic carbocycles. The fourth-order valence-corrected chi connectivity index (χ4v) is 2.10. The summed E-state index contributed by atoms with van der Waals surface area (Å²) in [5, 5.41) is -0.498. The molecule has 0 saturated heterocycles. The standard InChI is InChI=1S/C15H13ClFNO2/c1-10-8-14(19)11(6-7-15(16)20)9-18(10)13-5-3-2-4-12(13)17/h2-5,8-9H,6-7H2,1H3. The van der Waals surface area contributed by atoms with E-state index in [0.29, 0.717) is 16.9 Å². The average Bonchev–Trinajstić information content (AvgIpc) is 2.39. The SMILES string of the molecule is Cc1cc(=O)c(CCC(=O)Cl)cn1-c1ccccc1F. The molecule has 0 aliphatic rings. The third-order valence-electron chi connectivity index (χ3n) is 3.02. The third-order valence-corrected chi connectivity index (χ3v) is 3.21. The van der Waals surface area contributed by atoms with Gasteiger partial charge in [-0.1, -0.05) is 12.1 Å². The molecule has 0 N–H and O–H groups in total. The van der Waals surface area contributed by atoms with Crippen LogP contribution in [0.25, 0.3) is 5.69 Å². The molecule has 0 bridgehead atoms. The van der Waals surface area contributed by atoms with Crippen LogP contribution in [0.15, 0.2) is 41.3 Å². The summed E-state index contributed by atoms with van der Waals surface area (Å²) >= 11 is 5.29. The van der Waals surface area contributed by atoms with Crippen LogP contribution < -0.4 is 5.43 Å². The molecule has 5 heteroatoms. The Kier molecular flexibility index (Phi) is 4.35. The number of carbonyl (C=O) groups excluding carboxylic acids is 1. The minimum Gasteiger partial charge on any atom is -0.318 e. The maximum absolute atomic E-state index is 13.8. The molecule has 0 amide bonds. The van der Waals surface area contributed by atoms with Crippen molar-refractivity contribution in [3.63, 3.8) is 0 Å². The highest BCUT2D eigenvalue weighted by atomic mass is 35.5. The van der Waals surface area contributed by atoms with Crippen LogP contribution in [0.1, 0.15) is 17.7 Å². The van der Waals surface area contributed by atoms with E-state index in [2.05, 4.69) is 0 Å². The summed E-state index contributed by atoms with van der Waals surface area (Å²) in [6.45, 7) is 1.73. The van der Waals surface area contributed by atoms with Crippen molar-refractivity contribution in [3.05, 3.63) is 63.8 Å². The number of aryl methyl sites for hydroxylation is 2. The first kappa shape index (κ1) is 14.5. The monoisotopic (exact) mass is 293 g/mol. The molecule has 0 spiro atoms. The number of benzene rings is 1. The van der Waals surface area contributed by atoms with E-state index in [4.69, 9.17) is 11.6 Å². The molecule has 0 saturated carbocycles. The lowest BCUT2D eigenvalue weighted by atomic mass is 10.1. The van der Waals surface area contributed by atoms with E-state index < -0.39 is 5.24 Å². The Labute approximate surface area is 120 Å². The van der Waals surface area contributed by atoms with Crippen LogP contribution in [-0.4, -0.2) is 9.81 Å². The lowest BCUT2D eigenvalue weighted by molar-refractivity contribution is -0.111. The number of hydrogen-bond acceptors (Lipinski definition) is 2. The third kappa shape index (κ3) is 3.14. The van der Waals surface area contributed by atoms with Gasteiger partial charge in [-0.05, 0) is 37.1 Å². The van der Waals surface area contributed by atoms with Crippen LogP contribution in [0.4, 0.5) is 4.39 Å². The highest BCUT2D eigenvalue weighted by molar-refractivity contribution is 6.63. The van der Waals surface area contributed by atoms with Gasteiger partial charge in [-0.15, -0.1) is 0 Å². The molecule has 1 aromatic heterocycles. The van der Waals surface area contributed by atoms with Crippen molar-refractivity contribution in [2.45, 2.75) is 19.8 Å².